The molecule has 0 unspecified atom stereocenters. The average Bonchev–Trinajstić information content (AvgIpc) is 2.98. The number of rotatable bonds is 4. The van der Waals surface area contributed by atoms with Crippen molar-refractivity contribution in [3.8, 4) is 0 Å². The van der Waals surface area contributed by atoms with Crippen molar-refractivity contribution < 1.29 is 9.32 Å². The molecular formula is C14H20N6O2. The van der Waals surface area contributed by atoms with Crippen LogP contribution in [0.15, 0.2) is 10.6 Å². The second-order valence-corrected chi connectivity index (χ2v) is 5.45. The van der Waals surface area contributed by atoms with Crippen molar-refractivity contribution in [1.29, 1.82) is 0 Å². The predicted molar refractivity (Wildman–Crippen MR) is 79.5 cm³/mol. The zero-order valence-corrected chi connectivity index (χ0v) is 12.6. The number of nitrogens with one attached hydrogen (secondary N) is 2. The number of nitrogens with zero attached hydrogens (tertiary/aromatic N) is 4. The maximum absolute atomic E-state index is 11.7. The fourth-order valence-electron chi connectivity index (χ4n) is 2.60. The molecule has 0 spiro atoms. The number of amides is 2. The zero-order valence-electron chi connectivity index (χ0n) is 12.6. The predicted octanol–water partition coefficient (Wildman–Crippen LogP) is 1.67. The summed E-state index contributed by atoms with van der Waals surface area (Å²) in [5.41, 5.74) is 0. The lowest BCUT2D eigenvalue weighted by molar-refractivity contribution is 0.252. The molecule has 3 heterocycles. The number of carbonyl (C=O) groups excluding carboxylic acids is 1. The largest absolute Gasteiger partial charge is 0.360 e. The van der Waals surface area contributed by atoms with Gasteiger partial charge in [-0.05, 0) is 19.8 Å². The van der Waals surface area contributed by atoms with Gasteiger partial charge in [-0.3, -0.25) is 5.32 Å². The van der Waals surface area contributed by atoms with Crippen molar-refractivity contribution in [2.45, 2.75) is 45.6 Å². The lowest BCUT2D eigenvalue weighted by atomic mass is 10.2. The average molecular weight is 304 g/mol. The van der Waals surface area contributed by atoms with Crippen LogP contribution in [-0.2, 0) is 19.4 Å². The van der Waals surface area contributed by atoms with E-state index in [1.54, 1.807) is 13.0 Å². The highest BCUT2D eigenvalue weighted by Crippen LogP contribution is 2.14. The summed E-state index contributed by atoms with van der Waals surface area (Å²) in [5, 5.41) is 17.6. The van der Waals surface area contributed by atoms with Gasteiger partial charge in [0.15, 0.2) is 5.82 Å². The van der Waals surface area contributed by atoms with E-state index in [4.69, 9.17) is 4.52 Å². The Labute approximate surface area is 128 Å². The van der Waals surface area contributed by atoms with Gasteiger partial charge in [-0.2, -0.15) is 0 Å². The smallest absolute Gasteiger partial charge is 0.320 e. The Hall–Kier alpha value is -2.38. The van der Waals surface area contributed by atoms with Crippen LogP contribution in [-0.4, -0.2) is 32.5 Å². The van der Waals surface area contributed by atoms with Gasteiger partial charge in [0.1, 0.15) is 17.4 Å². The molecule has 118 valence electrons. The van der Waals surface area contributed by atoms with E-state index in [2.05, 4.69) is 30.6 Å². The summed E-state index contributed by atoms with van der Waals surface area (Å²) in [7, 11) is 0. The van der Waals surface area contributed by atoms with Gasteiger partial charge >= 0.3 is 6.03 Å². The quantitative estimate of drug-likeness (QED) is 0.895. The molecule has 0 bridgehead atoms. The van der Waals surface area contributed by atoms with Crippen molar-refractivity contribution in [3.05, 3.63) is 23.5 Å². The Bertz CT molecular complexity index is 648. The van der Waals surface area contributed by atoms with Crippen molar-refractivity contribution in [3.63, 3.8) is 0 Å². The topological polar surface area (TPSA) is 97.9 Å². The number of hydrogen-bond donors (Lipinski definition) is 2. The van der Waals surface area contributed by atoms with Gasteiger partial charge in [0.25, 0.3) is 0 Å². The fraction of sp³-hybridized carbons (Fsp3) is 0.571. The molecule has 8 heteroatoms. The third-order valence-corrected chi connectivity index (χ3v) is 3.69. The Morgan fingerprint density at radius 3 is 3.09 bits per heavy atom. The molecule has 22 heavy (non-hydrogen) atoms. The second kappa shape index (κ2) is 6.59. The summed E-state index contributed by atoms with van der Waals surface area (Å²) in [4.78, 5) is 11.7. The van der Waals surface area contributed by atoms with Gasteiger partial charge in [-0.1, -0.05) is 11.6 Å². The van der Waals surface area contributed by atoms with Crippen LogP contribution >= 0.6 is 0 Å². The van der Waals surface area contributed by atoms with Crippen molar-refractivity contribution in [2.24, 2.45) is 0 Å². The van der Waals surface area contributed by atoms with Gasteiger partial charge in [-0.25, -0.2) is 4.79 Å². The molecule has 1 aliphatic heterocycles. The first-order chi connectivity index (χ1) is 10.7. The molecule has 0 aliphatic carbocycles. The number of urea groups is 1. The Kier molecular flexibility index (Phi) is 4.36. The van der Waals surface area contributed by atoms with E-state index < -0.39 is 0 Å². The molecule has 0 radical (unpaired) electrons. The monoisotopic (exact) mass is 304 g/mol. The highest BCUT2D eigenvalue weighted by atomic mass is 16.5. The third kappa shape index (κ3) is 3.44. The van der Waals surface area contributed by atoms with Gasteiger partial charge in [-0.15, -0.1) is 10.2 Å². The normalized spacial score (nSPS) is 14.2. The molecule has 0 atom stereocenters. The molecule has 3 rings (SSSR count). The number of fused-ring (bicyclic) bond motifs is 1. The standard InChI is InChI=1S/C14H20N6O2/c1-10-9-11(19-22-10)16-14(21)15-7-6-13-18-17-12-5-3-2-4-8-20(12)13/h9H,2-8H2,1H3,(H2,15,16,19,21). The number of aromatic nitrogens is 4. The second-order valence-electron chi connectivity index (χ2n) is 5.45. The minimum Gasteiger partial charge on any atom is -0.360 e. The zero-order chi connectivity index (χ0) is 15.4. The molecule has 0 aromatic carbocycles. The van der Waals surface area contributed by atoms with Crippen LogP contribution in [0.5, 0.6) is 0 Å². The van der Waals surface area contributed by atoms with Crippen molar-refractivity contribution >= 4 is 11.8 Å². The molecule has 2 aromatic heterocycles. The minimum atomic E-state index is -0.302. The van der Waals surface area contributed by atoms with Crippen LogP contribution in [0.25, 0.3) is 0 Å². The van der Waals surface area contributed by atoms with E-state index in [1.165, 1.54) is 12.8 Å². The lowest BCUT2D eigenvalue weighted by Gasteiger charge is -2.08. The summed E-state index contributed by atoms with van der Waals surface area (Å²) in [5.74, 6) is 3.07. The van der Waals surface area contributed by atoms with Gasteiger partial charge in [0.2, 0.25) is 0 Å². The van der Waals surface area contributed by atoms with Crippen LogP contribution in [0.3, 0.4) is 0 Å². The summed E-state index contributed by atoms with van der Waals surface area (Å²) < 4.78 is 7.08. The van der Waals surface area contributed by atoms with Gasteiger partial charge in [0, 0.05) is 32.0 Å². The van der Waals surface area contributed by atoms with Gasteiger partial charge in [0.05, 0.1) is 0 Å². The van der Waals surface area contributed by atoms with Crippen LogP contribution in [0.1, 0.15) is 36.7 Å². The van der Waals surface area contributed by atoms with E-state index in [1.807, 2.05) is 0 Å². The molecule has 1 aliphatic rings. The molecule has 2 N–H and O–H groups in total. The maximum Gasteiger partial charge on any atom is 0.320 e. The van der Waals surface area contributed by atoms with E-state index in [0.29, 0.717) is 24.5 Å². The maximum atomic E-state index is 11.7. The molecule has 2 amide bonds. The van der Waals surface area contributed by atoms with Crippen LogP contribution in [0, 0.1) is 6.92 Å². The fourth-order valence-corrected chi connectivity index (χ4v) is 2.60. The molecule has 0 fully saturated rings. The van der Waals surface area contributed by atoms with Crippen molar-refractivity contribution in [2.75, 3.05) is 11.9 Å². The summed E-state index contributed by atoms with van der Waals surface area (Å²) in [6.45, 7) is 3.25. The van der Waals surface area contributed by atoms with E-state index in [-0.39, 0.29) is 6.03 Å². The Morgan fingerprint density at radius 2 is 2.27 bits per heavy atom. The minimum absolute atomic E-state index is 0.302. The van der Waals surface area contributed by atoms with Crippen molar-refractivity contribution in [1.82, 2.24) is 25.2 Å². The lowest BCUT2D eigenvalue weighted by Crippen LogP contribution is -2.31. The molecule has 0 saturated heterocycles. The number of carbonyl (C=O) groups is 1. The summed E-state index contributed by atoms with van der Waals surface area (Å²) >= 11 is 0. The van der Waals surface area contributed by atoms with E-state index >= 15 is 0 Å². The highest BCUT2D eigenvalue weighted by molar-refractivity contribution is 5.88. The number of aryl methyl sites for hydroxylation is 2. The highest BCUT2D eigenvalue weighted by Gasteiger charge is 2.14. The van der Waals surface area contributed by atoms with Crippen LogP contribution < -0.4 is 10.6 Å². The SMILES string of the molecule is Cc1cc(NC(=O)NCCc2nnc3n2CCCCC3)no1. The first kappa shape index (κ1) is 14.6. The number of hydrogen-bond acceptors (Lipinski definition) is 5. The Morgan fingerprint density at radius 1 is 1.36 bits per heavy atom. The summed E-state index contributed by atoms with van der Waals surface area (Å²) in [6.07, 6.45) is 5.23. The number of anilines is 1. The van der Waals surface area contributed by atoms with E-state index in [0.717, 1.165) is 31.0 Å². The molecule has 2 aromatic rings. The molecular weight excluding hydrogens is 284 g/mol. The first-order valence-corrected chi connectivity index (χ1v) is 7.61. The van der Waals surface area contributed by atoms with Crippen LogP contribution in [0.4, 0.5) is 10.6 Å². The molecule has 0 saturated carbocycles. The van der Waals surface area contributed by atoms with E-state index in [9.17, 15) is 4.79 Å². The third-order valence-electron chi connectivity index (χ3n) is 3.69. The summed E-state index contributed by atoms with van der Waals surface area (Å²) in [6, 6.07) is 1.36. The first-order valence-electron chi connectivity index (χ1n) is 7.61. The van der Waals surface area contributed by atoms with Gasteiger partial charge < -0.3 is 14.4 Å². The molecule has 8 nitrogen and oxygen atoms in total. The Balaban J connectivity index is 1.49. The van der Waals surface area contributed by atoms with Crippen LogP contribution in [0.2, 0.25) is 0 Å².